The van der Waals surface area contributed by atoms with Gasteiger partial charge in [-0.05, 0) is 115 Å². The lowest BCUT2D eigenvalue weighted by Crippen LogP contribution is -2.66. The SMILES string of the molecule is CC(=O)O[C@H]1CC[C@@]2(C)[C@H](CC[C@]3(C)[C@@H]2CC[C@@H]2[C@H]4[C@H]([C@H](C)C(=O)O)CC[C@]4(C)CC[C@]23C)C1(C)C. The molecule has 0 unspecified atom stereocenters. The van der Waals surface area contributed by atoms with Gasteiger partial charge in [-0.25, -0.2) is 0 Å². The Morgan fingerprint density at radius 1 is 0.806 bits per heavy atom. The van der Waals surface area contributed by atoms with Crippen LogP contribution in [0.25, 0.3) is 0 Å². The Balaban J connectivity index is 1.49. The van der Waals surface area contributed by atoms with E-state index in [1.807, 2.05) is 6.92 Å². The average molecular weight is 501 g/mol. The first-order valence-corrected chi connectivity index (χ1v) is 15.0. The summed E-state index contributed by atoms with van der Waals surface area (Å²) in [5.41, 5.74) is 1.13. The van der Waals surface area contributed by atoms with Crippen molar-refractivity contribution in [2.75, 3.05) is 0 Å². The third-order valence-electron chi connectivity index (χ3n) is 14.2. The molecule has 0 aromatic carbocycles. The summed E-state index contributed by atoms with van der Waals surface area (Å²) in [6.07, 6.45) is 12.0. The third-order valence-corrected chi connectivity index (χ3v) is 14.2. The van der Waals surface area contributed by atoms with E-state index < -0.39 is 5.97 Å². The lowest BCUT2D eigenvalue weighted by atomic mass is 9.32. The Labute approximate surface area is 219 Å². The molecule has 5 aliphatic rings. The molecule has 0 heterocycles. The molecule has 4 heteroatoms. The summed E-state index contributed by atoms with van der Waals surface area (Å²) in [4.78, 5) is 24.0. The number of aliphatic carboxylic acids is 1. The first-order chi connectivity index (χ1) is 16.6. The minimum atomic E-state index is -0.601. The van der Waals surface area contributed by atoms with Gasteiger partial charge in [0.05, 0.1) is 5.92 Å². The minimum absolute atomic E-state index is 0.00361. The highest BCUT2D eigenvalue weighted by molar-refractivity contribution is 5.70. The zero-order chi connectivity index (χ0) is 26.5. The average Bonchev–Trinajstić information content (AvgIpc) is 3.13. The van der Waals surface area contributed by atoms with Gasteiger partial charge in [0.15, 0.2) is 0 Å². The maximum absolute atomic E-state index is 12.1. The number of esters is 1. The normalized spacial score (nSPS) is 52.2. The number of rotatable bonds is 3. The fourth-order valence-electron chi connectivity index (χ4n) is 12.1. The highest BCUT2D eigenvalue weighted by Gasteiger charge is 2.70. The lowest BCUT2D eigenvalue weighted by Gasteiger charge is -2.73. The van der Waals surface area contributed by atoms with Crippen molar-refractivity contribution in [2.45, 2.75) is 126 Å². The molecule has 5 fully saturated rings. The van der Waals surface area contributed by atoms with Crippen LogP contribution in [0.3, 0.4) is 0 Å². The van der Waals surface area contributed by atoms with Crippen LogP contribution >= 0.6 is 0 Å². The van der Waals surface area contributed by atoms with Crippen LogP contribution in [0.2, 0.25) is 0 Å². The monoisotopic (exact) mass is 500 g/mol. The van der Waals surface area contributed by atoms with E-state index in [1.165, 1.54) is 44.9 Å². The molecule has 5 aliphatic carbocycles. The fraction of sp³-hybridized carbons (Fsp3) is 0.938. The Morgan fingerprint density at radius 2 is 1.50 bits per heavy atom. The molecule has 204 valence electrons. The smallest absolute Gasteiger partial charge is 0.306 e. The second-order valence-electron chi connectivity index (χ2n) is 15.6. The maximum atomic E-state index is 12.1. The molecule has 0 aliphatic heterocycles. The Bertz CT molecular complexity index is 925. The van der Waals surface area contributed by atoms with E-state index in [9.17, 15) is 14.7 Å². The van der Waals surface area contributed by atoms with Crippen LogP contribution in [0.15, 0.2) is 0 Å². The molecule has 0 spiro atoms. The van der Waals surface area contributed by atoms with Crippen molar-refractivity contribution in [3.8, 4) is 0 Å². The van der Waals surface area contributed by atoms with Crippen molar-refractivity contribution in [1.29, 1.82) is 0 Å². The van der Waals surface area contributed by atoms with E-state index in [1.54, 1.807) is 6.92 Å². The zero-order valence-electron chi connectivity index (χ0n) is 24.3. The molecule has 0 aromatic rings. The number of fused-ring (bicyclic) bond motifs is 7. The third kappa shape index (κ3) is 3.36. The molecule has 0 saturated heterocycles. The van der Waals surface area contributed by atoms with Gasteiger partial charge in [0.2, 0.25) is 0 Å². The lowest BCUT2D eigenvalue weighted by molar-refractivity contribution is -0.250. The van der Waals surface area contributed by atoms with Crippen molar-refractivity contribution < 1.29 is 19.4 Å². The van der Waals surface area contributed by atoms with Crippen molar-refractivity contribution in [1.82, 2.24) is 0 Å². The summed E-state index contributed by atoms with van der Waals surface area (Å²) < 4.78 is 5.89. The fourth-order valence-corrected chi connectivity index (χ4v) is 12.1. The molecule has 36 heavy (non-hydrogen) atoms. The topological polar surface area (TPSA) is 63.6 Å². The number of ether oxygens (including phenoxy) is 1. The summed E-state index contributed by atoms with van der Waals surface area (Å²) in [5.74, 6) is 1.77. The minimum Gasteiger partial charge on any atom is -0.481 e. The Morgan fingerprint density at radius 3 is 2.14 bits per heavy atom. The van der Waals surface area contributed by atoms with Crippen molar-refractivity contribution in [2.24, 2.45) is 62.6 Å². The zero-order valence-corrected chi connectivity index (χ0v) is 24.3. The van der Waals surface area contributed by atoms with Crippen LogP contribution < -0.4 is 0 Å². The Hall–Kier alpha value is -1.06. The summed E-state index contributed by atoms with van der Waals surface area (Å²) in [6, 6.07) is 0. The van der Waals surface area contributed by atoms with Crippen molar-refractivity contribution in [3.63, 3.8) is 0 Å². The predicted octanol–water partition coefficient (Wildman–Crippen LogP) is 7.74. The summed E-state index contributed by atoms with van der Waals surface area (Å²) in [7, 11) is 0. The summed E-state index contributed by atoms with van der Waals surface area (Å²) >= 11 is 0. The van der Waals surface area contributed by atoms with Gasteiger partial charge >= 0.3 is 11.9 Å². The molecule has 11 atom stereocenters. The van der Waals surface area contributed by atoms with Gasteiger partial charge in [0, 0.05) is 12.3 Å². The Kier molecular flexibility index (Phi) is 6.06. The molecule has 0 radical (unpaired) electrons. The van der Waals surface area contributed by atoms with Gasteiger partial charge in [-0.2, -0.15) is 0 Å². The quantitative estimate of drug-likeness (QED) is 0.403. The van der Waals surface area contributed by atoms with Crippen LogP contribution in [0.5, 0.6) is 0 Å². The molecular weight excluding hydrogens is 448 g/mol. The molecule has 5 rings (SSSR count). The van der Waals surface area contributed by atoms with Gasteiger partial charge in [-0.15, -0.1) is 0 Å². The van der Waals surface area contributed by atoms with Crippen LogP contribution in [0.1, 0.15) is 120 Å². The van der Waals surface area contributed by atoms with E-state index in [0.717, 1.165) is 19.3 Å². The van der Waals surface area contributed by atoms with Crippen LogP contribution in [0, 0.1) is 62.6 Å². The highest BCUT2D eigenvalue weighted by Crippen LogP contribution is 2.77. The number of carbonyl (C=O) groups is 2. The molecular formula is C32H52O4. The van der Waals surface area contributed by atoms with Gasteiger partial charge in [0.1, 0.15) is 6.10 Å². The number of carboxylic acids is 1. The second kappa shape index (κ2) is 8.22. The van der Waals surface area contributed by atoms with Crippen molar-refractivity contribution in [3.05, 3.63) is 0 Å². The van der Waals surface area contributed by atoms with Gasteiger partial charge in [-0.1, -0.05) is 48.5 Å². The molecule has 0 aromatic heterocycles. The number of carboxylic acid groups (broad SMARTS) is 1. The van der Waals surface area contributed by atoms with E-state index in [2.05, 4.69) is 41.5 Å². The summed E-state index contributed by atoms with van der Waals surface area (Å²) in [5, 5.41) is 9.97. The molecule has 5 saturated carbocycles. The van der Waals surface area contributed by atoms with E-state index in [0.29, 0.717) is 35.0 Å². The van der Waals surface area contributed by atoms with Gasteiger partial charge in [0.25, 0.3) is 0 Å². The first-order valence-electron chi connectivity index (χ1n) is 15.0. The second-order valence-corrected chi connectivity index (χ2v) is 15.6. The summed E-state index contributed by atoms with van der Waals surface area (Å²) in [6.45, 7) is 18.6. The largest absolute Gasteiger partial charge is 0.481 e. The van der Waals surface area contributed by atoms with Crippen molar-refractivity contribution >= 4 is 11.9 Å². The van der Waals surface area contributed by atoms with Crippen LogP contribution in [0.4, 0.5) is 0 Å². The van der Waals surface area contributed by atoms with E-state index >= 15 is 0 Å². The van der Waals surface area contributed by atoms with Crippen LogP contribution in [-0.2, 0) is 14.3 Å². The number of hydrogen-bond acceptors (Lipinski definition) is 3. The molecule has 1 N–H and O–H groups in total. The highest BCUT2D eigenvalue weighted by atomic mass is 16.5. The number of hydrogen-bond donors (Lipinski definition) is 1. The molecule has 4 nitrogen and oxygen atoms in total. The van der Waals surface area contributed by atoms with Gasteiger partial charge < -0.3 is 9.84 Å². The van der Waals surface area contributed by atoms with Crippen LogP contribution in [-0.4, -0.2) is 23.1 Å². The molecule has 0 bridgehead atoms. The maximum Gasteiger partial charge on any atom is 0.306 e. The standard InChI is InChI=1S/C32H52O4/c1-19(27(34)35)21-11-14-29(5)17-18-31(7)22(26(21)29)9-10-24-30(6)15-13-25(36-20(2)33)28(3,4)23(30)12-16-32(24,31)8/h19,21-26H,9-18H2,1-8H3,(H,34,35)/t19-,21-,22+,23+,24+,25-,26+,29+,30-,31+,32+/m0/s1. The first kappa shape index (κ1) is 26.5. The number of carbonyl (C=O) groups excluding carboxylic acids is 1. The van der Waals surface area contributed by atoms with E-state index in [-0.39, 0.29) is 39.7 Å². The predicted molar refractivity (Wildman–Crippen MR) is 142 cm³/mol. The van der Waals surface area contributed by atoms with Gasteiger partial charge in [-0.3, -0.25) is 9.59 Å². The molecule has 0 amide bonds. The van der Waals surface area contributed by atoms with E-state index in [4.69, 9.17) is 4.74 Å².